The molecule has 2 aromatic heterocycles. The molecule has 0 aliphatic carbocycles. The van der Waals surface area contributed by atoms with E-state index in [2.05, 4.69) is 16.5 Å². The van der Waals surface area contributed by atoms with Crippen molar-refractivity contribution < 1.29 is 8.42 Å². The van der Waals surface area contributed by atoms with E-state index in [9.17, 15) is 8.42 Å². The molecule has 4 aromatic rings. The van der Waals surface area contributed by atoms with Crippen LogP contribution in [0.1, 0.15) is 21.9 Å². The van der Waals surface area contributed by atoms with Gasteiger partial charge >= 0.3 is 0 Å². The Morgan fingerprint density at radius 3 is 1.97 bits per heavy atom. The molecule has 0 amide bonds. The first kappa shape index (κ1) is 22.6. The molecule has 0 aliphatic rings. The van der Waals surface area contributed by atoms with Crippen molar-refractivity contribution in [3.63, 3.8) is 0 Å². The Balaban J connectivity index is 1.65. The van der Waals surface area contributed by atoms with Gasteiger partial charge in [0.15, 0.2) is 0 Å². The Morgan fingerprint density at radius 1 is 0.758 bits per heavy atom. The lowest BCUT2D eigenvalue weighted by atomic mass is 10.1. The minimum absolute atomic E-state index is 0.245. The number of hydrogen-bond donors (Lipinski definition) is 0. The molecule has 5 nitrogen and oxygen atoms in total. The molecule has 0 bridgehead atoms. The number of pyridine rings is 2. The minimum atomic E-state index is -3.76. The van der Waals surface area contributed by atoms with Crippen molar-refractivity contribution in [1.29, 1.82) is 0 Å². The first-order valence-corrected chi connectivity index (χ1v) is 12.1. The van der Waals surface area contributed by atoms with Crippen molar-refractivity contribution in [3.05, 3.63) is 133 Å². The first-order chi connectivity index (χ1) is 16.1. The quantitative estimate of drug-likeness (QED) is 0.317. The van der Waals surface area contributed by atoms with Crippen LogP contribution < -0.4 is 0 Å². The average molecular weight is 456 g/mol. The molecular weight excluding hydrogens is 430 g/mol. The van der Waals surface area contributed by atoms with E-state index in [1.807, 2.05) is 72.9 Å². The highest BCUT2D eigenvalue weighted by molar-refractivity contribution is 7.89. The zero-order chi connectivity index (χ0) is 23.1. The van der Waals surface area contributed by atoms with Crippen LogP contribution in [0.5, 0.6) is 0 Å². The second-order valence-corrected chi connectivity index (χ2v) is 9.73. The van der Waals surface area contributed by atoms with Gasteiger partial charge in [-0.2, -0.15) is 4.31 Å². The lowest BCUT2D eigenvalue weighted by Gasteiger charge is -2.26. The molecule has 4 rings (SSSR count). The highest BCUT2D eigenvalue weighted by atomic mass is 32.2. The Labute approximate surface area is 195 Å². The highest BCUT2D eigenvalue weighted by Gasteiger charge is 2.31. The van der Waals surface area contributed by atoms with E-state index in [4.69, 9.17) is 0 Å². The summed E-state index contributed by atoms with van der Waals surface area (Å²) in [6, 6.07) is 24.9. The van der Waals surface area contributed by atoms with E-state index in [0.717, 1.165) is 22.3 Å². The number of sulfonamides is 1. The van der Waals surface area contributed by atoms with Gasteiger partial charge in [0.25, 0.3) is 0 Å². The molecule has 0 saturated heterocycles. The van der Waals surface area contributed by atoms with Gasteiger partial charge in [-0.05, 0) is 39.9 Å². The van der Waals surface area contributed by atoms with Gasteiger partial charge in [-0.25, -0.2) is 8.42 Å². The van der Waals surface area contributed by atoms with Gasteiger partial charge in [0.05, 0.1) is 0 Å². The zero-order valence-electron chi connectivity index (χ0n) is 18.2. The monoisotopic (exact) mass is 455 g/mol. The highest BCUT2D eigenvalue weighted by Crippen LogP contribution is 2.29. The Morgan fingerprint density at radius 2 is 1.39 bits per heavy atom. The summed E-state index contributed by atoms with van der Waals surface area (Å²) in [5, 5.41) is -0.885. The van der Waals surface area contributed by atoms with E-state index in [1.165, 1.54) is 10.4 Å². The van der Waals surface area contributed by atoms with Gasteiger partial charge in [-0.15, -0.1) is 6.58 Å². The van der Waals surface area contributed by atoms with Gasteiger partial charge in [0.2, 0.25) is 10.0 Å². The minimum Gasteiger partial charge on any atom is -0.264 e. The predicted octanol–water partition coefficient (Wildman–Crippen LogP) is 5.40. The van der Waals surface area contributed by atoms with Crippen molar-refractivity contribution in [2.45, 2.75) is 18.3 Å². The van der Waals surface area contributed by atoms with Crippen molar-refractivity contribution >= 4 is 10.0 Å². The SMILES string of the molecule is C=CC(c1cccnc1)S(=O)(=O)N(Cc1ccccc1)Cc1ccc(-c2cccnc2)cc1. The molecule has 0 N–H and O–H groups in total. The van der Waals surface area contributed by atoms with E-state index >= 15 is 0 Å². The third kappa shape index (κ3) is 5.42. The molecule has 1 unspecified atom stereocenters. The van der Waals surface area contributed by atoms with Crippen molar-refractivity contribution in [2.75, 3.05) is 0 Å². The Hall–Kier alpha value is -3.61. The Kier molecular flexibility index (Phi) is 7.07. The molecule has 0 radical (unpaired) electrons. The molecule has 1 atom stereocenters. The number of aromatic nitrogens is 2. The molecular formula is C27H25N3O2S. The molecule has 0 saturated carbocycles. The summed E-state index contributed by atoms with van der Waals surface area (Å²) >= 11 is 0. The first-order valence-electron chi connectivity index (χ1n) is 10.6. The predicted molar refractivity (Wildman–Crippen MR) is 131 cm³/mol. The molecule has 6 heteroatoms. The van der Waals surface area contributed by atoms with Crippen LogP contribution in [0.2, 0.25) is 0 Å². The molecule has 33 heavy (non-hydrogen) atoms. The molecule has 0 fully saturated rings. The van der Waals surface area contributed by atoms with Crippen LogP contribution in [0.15, 0.2) is 116 Å². The maximum atomic E-state index is 13.8. The molecule has 0 spiro atoms. The van der Waals surface area contributed by atoms with E-state index in [1.54, 1.807) is 30.7 Å². The smallest absolute Gasteiger partial charge is 0.225 e. The second kappa shape index (κ2) is 10.3. The van der Waals surface area contributed by atoms with Crippen molar-refractivity contribution in [3.8, 4) is 11.1 Å². The number of benzene rings is 2. The van der Waals surface area contributed by atoms with E-state index < -0.39 is 15.3 Å². The number of hydrogen-bond acceptors (Lipinski definition) is 4. The van der Waals surface area contributed by atoms with Crippen LogP contribution >= 0.6 is 0 Å². The summed E-state index contributed by atoms with van der Waals surface area (Å²) in [4.78, 5) is 8.26. The third-order valence-corrected chi connectivity index (χ3v) is 7.50. The summed E-state index contributed by atoms with van der Waals surface area (Å²) in [6.45, 7) is 4.31. The fourth-order valence-electron chi connectivity index (χ4n) is 3.70. The Bertz CT molecular complexity index is 1280. The van der Waals surface area contributed by atoms with Crippen LogP contribution in [0, 0.1) is 0 Å². The van der Waals surface area contributed by atoms with Crippen molar-refractivity contribution in [1.82, 2.24) is 14.3 Å². The maximum Gasteiger partial charge on any atom is 0.225 e. The van der Waals surface area contributed by atoms with Crippen LogP contribution in [0.3, 0.4) is 0 Å². The number of nitrogens with zero attached hydrogens (tertiary/aromatic N) is 3. The van der Waals surface area contributed by atoms with Crippen LogP contribution in [0.25, 0.3) is 11.1 Å². The average Bonchev–Trinajstić information content (AvgIpc) is 2.86. The lowest BCUT2D eigenvalue weighted by Crippen LogP contribution is -2.33. The summed E-state index contributed by atoms with van der Waals surface area (Å²) in [7, 11) is -3.76. The fraction of sp³-hybridized carbons (Fsp3) is 0.111. The summed E-state index contributed by atoms with van der Waals surface area (Å²) in [6.07, 6.45) is 8.22. The summed E-state index contributed by atoms with van der Waals surface area (Å²) < 4.78 is 29.1. The van der Waals surface area contributed by atoms with Gasteiger partial charge < -0.3 is 0 Å². The second-order valence-electron chi connectivity index (χ2n) is 7.68. The summed E-state index contributed by atoms with van der Waals surface area (Å²) in [5.41, 5.74) is 4.46. The van der Waals surface area contributed by atoms with Crippen LogP contribution in [0.4, 0.5) is 0 Å². The molecule has 0 aliphatic heterocycles. The zero-order valence-corrected chi connectivity index (χ0v) is 19.0. The van der Waals surface area contributed by atoms with Crippen LogP contribution in [-0.4, -0.2) is 22.7 Å². The molecule has 2 aromatic carbocycles. The van der Waals surface area contributed by atoms with Crippen LogP contribution in [-0.2, 0) is 23.1 Å². The van der Waals surface area contributed by atoms with Crippen molar-refractivity contribution in [2.24, 2.45) is 0 Å². The fourth-order valence-corrected chi connectivity index (χ4v) is 5.40. The molecule has 2 heterocycles. The van der Waals surface area contributed by atoms with E-state index in [-0.39, 0.29) is 13.1 Å². The standard InChI is InChI=1S/C27H25N3O2S/c1-2-27(26-11-7-17-29-19-26)33(31,32)30(20-22-8-4-3-5-9-22)21-23-12-14-24(15-13-23)25-10-6-16-28-18-25/h2-19,27H,1,20-21H2. The lowest BCUT2D eigenvalue weighted by molar-refractivity contribution is 0.397. The summed E-state index contributed by atoms with van der Waals surface area (Å²) in [5.74, 6) is 0. The van der Waals surface area contributed by atoms with Gasteiger partial charge in [0.1, 0.15) is 5.25 Å². The molecule has 166 valence electrons. The van der Waals surface area contributed by atoms with E-state index in [0.29, 0.717) is 5.56 Å². The maximum absolute atomic E-state index is 13.8. The van der Waals surface area contributed by atoms with Gasteiger partial charge in [-0.3, -0.25) is 9.97 Å². The van der Waals surface area contributed by atoms with Gasteiger partial charge in [-0.1, -0.05) is 72.8 Å². The topological polar surface area (TPSA) is 63.2 Å². The third-order valence-electron chi connectivity index (χ3n) is 5.42. The van der Waals surface area contributed by atoms with Gasteiger partial charge in [0, 0.05) is 37.9 Å². The normalized spacial score (nSPS) is 12.4. The largest absolute Gasteiger partial charge is 0.264 e. The number of rotatable bonds is 9.